The summed E-state index contributed by atoms with van der Waals surface area (Å²) < 4.78 is 10.4. The molecule has 0 aromatic heterocycles. The Kier molecular flexibility index (Phi) is 5.43. The van der Waals surface area contributed by atoms with Crippen LogP contribution in [0.4, 0.5) is 4.79 Å². The van der Waals surface area contributed by atoms with Crippen molar-refractivity contribution in [3.63, 3.8) is 0 Å². The molecule has 1 aliphatic heterocycles. The third kappa shape index (κ3) is 4.05. The molecular formula is C20H24N2O3. The van der Waals surface area contributed by atoms with Crippen molar-refractivity contribution in [1.82, 2.24) is 10.2 Å². The number of rotatable bonds is 5. The van der Waals surface area contributed by atoms with E-state index < -0.39 is 0 Å². The smallest absolute Gasteiger partial charge is 0.318 e. The molecule has 1 atom stereocenters. The second-order valence-electron chi connectivity index (χ2n) is 6.13. The maximum Gasteiger partial charge on any atom is 0.318 e. The van der Waals surface area contributed by atoms with E-state index in [0.717, 1.165) is 42.0 Å². The third-order valence-electron chi connectivity index (χ3n) is 4.59. The second-order valence-corrected chi connectivity index (χ2v) is 6.13. The fourth-order valence-corrected chi connectivity index (χ4v) is 3.24. The first-order chi connectivity index (χ1) is 12.2. The minimum atomic E-state index is -0.0267. The SMILES string of the molecule is COc1ccc([C@H]2CCCN2C(=O)NCc2cccc(OC)c2)cc1. The summed E-state index contributed by atoms with van der Waals surface area (Å²) in [6.07, 6.45) is 2.00. The summed E-state index contributed by atoms with van der Waals surface area (Å²) in [5.74, 6) is 1.62. The van der Waals surface area contributed by atoms with Gasteiger partial charge in [0.1, 0.15) is 11.5 Å². The summed E-state index contributed by atoms with van der Waals surface area (Å²) in [4.78, 5) is 14.6. The Bertz CT molecular complexity index is 715. The first-order valence-corrected chi connectivity index (χ1v) is 8.52. The molecule has 0 spiro atoms. The van der Waals surface area contributed by atoms with Gasteiger partial charge in [0, 0.05) is 13.1 Å². The largest absolute Gasteiger partial charge is 0.497 e. The molecule has 3 rings (SSSR count). The molecule has 25 heavy (non-hydrogen) atoms. The molecule has 0 unspecified atom stereocenters. The number of nitrogens with one attached hydrogen (secondary N) is 1. The lowest BCUT2D eigenvalue weighted by atomic mass is 10.0. The maximum atomic E-state index is 12.6. The van der Waals surface area contributed by atoms with Gasteiger partial charge in [0.2, 0.25) is 0 Å². The van der Waals surface area contributed by atoms with E-state index in [1.165, 1.54) is 0 Å². The van der Waals surface area contributed by atoms with Gasteiger partial charge in [-0.2, -0.15) is 0 Å². The average Bonchev–Trinajstić information content (AvgIpc) is 3.16. The Morgan fingerprint density at radius 2 is 1.88 bits per heavy atom. The fourth-order valence-electron chi connectivity index (χ4n) is 3.24. The minimum Gasteiger partial charge on any atom is -0.497 e. The van der Waals surface area contributed by atoms with Gasteiger partial charge < -0.3 is 19.7 Å². The van der Waals surface area contributed by atoms with E-state index in [2.05, 4.69) is 5.32 Å². The Morgan fingerprint density at radius 1 is 1.12 bits per heavy atom. The van der Waals surface area contributed by atoms with E-state index in [1.807, 2.05) is 53.4 Å². The molecule has 2 amide bonds. The highest BCUT2D eigenvalue weighted by Crippen LogP contribution is 2.32. The Balaban J connectivity index is 1.63. The monoisotopic (exact) mass is 340 g/mol. The normalized spacial score (nSPS) is 16.6. The molecule has 2 aromatic rings. The van der Waals surface area contributed by atoms with Crippen LogP contribution in [0.25, 0.3) is 0 Å². The topological polar surface area (TPSA) is 50.8 Å². The number of benzene rings is 2. The van der Waals surface area contributed by atoms with Crippen molar-refractivity contribution in [1.29, 1.82) is 0 Å². The van der Waals surface area contributed by atoms with Crippen LogP contribution in [0.3, 0.4) is 0 Å². The third-order valence-corrected chi connectivity index (χ3v) is 4.59. The first-order valence-electron chi connectivity index (χ1n) is 8.52. The molecule has 0 saturated carbocycles. The van der Waals surface area contributed by atoms with Crippen LogP contribution in [-0.2, 0) is 6.54 Å². The first kappa shape index (κ1) is 17.1. The number of urea groups is 1. The van der Waals surface area contributed by atoms with Crippen molar-refractivity contribution in [2.45, 2.75) is 25.4 Å². The number of hydrogen-bond donors (Lipinski definition) is 1. The molecule has 5 nitrogen and oxygen atoms in total. The van der Waals surface area contributed by atoms with Crippen LogP contribution < -0.4 is 14.8 Å². The number of likely N-dealkylation sites (tertiary alicyclic amines) is 1. The maximum absolute atomic E-state index is 12.6. The van der Waals surface area contributed by atoms with Gasteiger partial charge in [0.05, 0.1) is 20.3 Å². The minimum absolute atomic E-state index is 0.0267. The molecule has 1 saturated heterocycles. The lowest BCUT2D eigenvalue weighted by Gasteiger charge is -2.25. The number of amides is 2. The van der Waals surface area contributed by atoms with Gasteiger partial charge in [-0.05, 0) is 48.2 Å². The highest BCUT2D eigenvalue weighted by molar-refractivity contribution is 5.75. The van der Waals surface area contributed by atoms with Gasteiger partial charge in [-0.3, -0.25) is 0 Å². The van der Waals surface area contributed by atoms with Crippen LogP contribution in [0.15, 0.2) is 48.5 Å². The van der Waals surface area contributed by atoms with E-state index in [4.69, 9.17) is 9.47 Å². The van der Waals surface area contributed by atoms with Crippen LogP contribution in [0.2, 0.25) is 0 Å². The van der Waals surface area contributed by atoms with Crippen LogP contribution >= 0.6 is 0 Å². The van der Waals surface area contributed by atoms with Crippen LogP contribution in [0.5, 0.6) is 11.5 Å². The molecule has 0 bridgehead atoms. The van der Waals surface area contributed by atoms with Crippen LogP contribution in [0, 0.1) is 0 Å². The van der Waals surface area contributed by atoms with Gasteiger partial charge in [-0.15, -0.1) is 0 Å². The number of hydrogen-bond acceptors (Lipinski definition) is 3. The predicted octanol–water partition coefficient (Wildman–Crippen LogP) is 3.75. The molecule has 1 heterocycles. The lowest BCUT2D eigenvalue weighted by molar-refractivity contribution is 0.192. The van der Waals surface area contributed by atoms with E-state index in [0.29, 0.717) is 6.54 Å². The van der Waals surface area contributed by atoms with Gasteiger partial charge in [0.15, 0.2) is 0 Å². The molecule has 5 heteroatoms. The molecule has 0 radical (unpaired) electrons. The number of ether oxygens (including phenoxy) is 2. The van der Waals surface area contributed by atoms with Gasteiger partial charge in [-0.25, -0.2) is 4.79 Å². The Labute approximate surface area is 148 Å². The number of methoxy groups -OCH3 is 2. The van der Waals surface area contributed by atoms with Crippen molar-refractivity contribution in [2.24, 2.45) is 0 Å². The fraction of sp³-hybridized carbons (Fsp3) is 0.350. The molecule has 0 aliphatic carbocycles. The lowest BCUT2D eigenvalue weighted by Crippen LogP contribution is -2.39. The molecule has 1 aliphatic rings. The molecule has 2 aromatic carbocycles. The van der Waals surface area contributed by atoms with Crippen molar-refractivity contribution in [3.8, 4) is 11.5 Å². The summed E-state index contributed by atoms with van der Waals surface area (Å²) in [6, 6.07) is 15.8. The van der Waals surface area contributed by atoms with E-state index >= 15 is 0 Å². The summed E-state index contributed by atoms with van der Waals surface area (Å²) in [7, 11) is 3.30. The van der Waals surface area contributed by atoms with Crippen LogP contribution in [0.1, 0.15) is 30.0 Å². The summed E-state index contributed by atoms with van der Waals surface area (Å²) in [5.41, 5.74) is 2.17. The van der Waals surface area contributed by atoms with Crippen LogP contribution in [-0.4, -0.2) is 31.7 Å². The summed E-state index contributed by atoms with van der Waals surface area (Å²) in [6.45, 7) is 1.27. The van der Waals surface area contributed by atoms with E-state index in [9.17, 15) is 4.79 Å². The number of carbonyl (C=O) groups is 1. The molecule has 1 fully saturated rings. The van der Waals surface area contributed by atoms with Crippen molar-refractivity contribution in [2.75, 3.05) is 20.8 Å². The summed E-state index contributed by atoms with van der Waals surface area (Å²) >= 11 is 0. The predicted molar refractivity (Wildman–Crippen MR) is 96.9 cm³/mol. The highest BCUT2D eigenvalue weighted by Gasteiger charge is 2.29. The van der Waals surface area contributed by atoms with Gasteiger partial charge in [0.25, 0.3) is 0 Å². The zero-order valence-electron chi connectivity index (χ0n) is 14.7. The average molecular weight is 340 g/mol. The summed E-state index contributed by atoms with van der Waals surface area (Å²) in [5, 5.41) is 3.02. The van der Waals surface area contributed by atoms with Crippen molar-refractivity contribution >= 4 is 6.03 Å². The zero-order chi connectivity index (χ0) is 17.6. The standard InChI is InChI=1S/C20H24N2O3/c1-24-17-10-8-16(9-11-17)19-7-4-12-22(19)20(23)21-14-15-5-3-6-18(13-15)25-2/h3,5-6,8-11,13,19H,4,7,12,14H2,1-2H3,(H,21,23)/t19-/m1/s1. The van der Waals surface area contributed by atoms with Gasteiger partial charge in [-0.1, -0.05) is 24.3 Å². The second kappa shape index (κ2) is 7.92. The Morgan fingerprint density at radius 3 is 2.60 bits per heavy atom. The Hall–Kier alpha value is -2.69. The highest BCUT2D eigenvalue weighted by atomic mass is 16.5. The molecule has 1 N–H and O–H groups in total. The zero-order valence-corrected chi connectivity index (χ0v) is 14.7. The van der Waals surface area contributed by atoms with Crippen molar-refractivity contribution < 1.29 is 14.3 Å². The van der Waals surface area contributed by atoms with Gasteiger partial charge >= 0.3 is 6.03 Å². The number of nitrogens with zero attached hydrogens (tertiary/aromatic N) is 1. The quantitative estimate of drug-likeness (QED) is 0.902. The number of carbonyl (C=O) groups excluding carboxylic acids is 1. The van der Waals surface area contributed by atoms with E-state index in [-0.39, 0.29) is 12.1 Å². The van der Waals surface area contributed by atoms with E-state index in [1.54, 1.807) is 14.2 Å². The molecule has 132 valence electrons. The van der Waals surface area contributed by atoms with Crippen molar-refractivity contribution in [3.05, 3.63) is 59.7 Å². The molecular weight excluding hydrogens is 316 g/mol.